The van der Waals surface area contributed by atoms with E-state index in [1.165, 1.54) is 20.3 Å². The summed E-state index contributed by atoms with van der Waals surface area (Å²) in [6.45, 7) is 0.767. The zero-order chi connectivity index (χ0) is 12.4. The molecule has 94 valence electrons. The number of ether oxygens (including phenoxy) is 2. The average Bonchev–Trinajstić information content (AvgIpc) is 2.83. The molecule has 0 amide bonds. The minimum atomic E-state index is -0.648. The highest BCUT2D eigenvalue weighted by Gasteiger charge is 2.28. The van der Waals surface area contributed by atoms with Gasteiger partial charge in [0.1, 0.15) is 0 Å². The summed E-state index contributed by atoms with van der Waals surface area (Å²) in [7, 11) is 2.70. The molecule has 0 radical (unpaired) electrons. The van der Waals surface area contributed by atoms with Crippen LogP contribution in [-0.4, -0.2) is 20.8 Å². The second-order valence-corrected chi connectivity index (χ2v) is 3.97. The molecule has 1 atom stereocenters. The molecule has 0 aliphatic carbocycles. The smallest absolute Gasteiger partial charge is 0.173 e. The molecule has 1 aliphatic heterocycles. The lowest BCUT2D eigenvalue weighted by Crippen LogP contribution is -2.17. The van der Waals surface area contributed by atoms with Gasteiger partial charge in [-0.25, -0.2) is 8.78 Å². The first-order chi connectivity index (χ1) is 8.19. The molecule has 1 aromatic rings. The maximum atomic E-state index is 14.0. The van der Waals surface area contributed by atoms with E-state index in [2.05, 4.69) is 5.32 Å². The van der Waals surface area contributed by atoms with Crippen molar-refractivity contribution in [2.45, 2.75) is 18.9 Å². The van der Waals surface area contributed by atoms with E-state index in [9.17, 15) is 8.78 Å². The van der Waals surface area contributed by atoms with Crippen LogP contribution in [0.3, 0.4) is 0 Å². The Bertz CT molecular complexity index is 389. The van der Waals surface area contributed by atoms with Gasteiger partial charge < -0.3 is 14.8 Å². The standard InChI is InChI=1S/C12H15F2NO2/c1-16-8-6-9(17-2)12(14)10(11(8)13)7-4-3-5-15-7/h6-7,15H,3-5H2,1-2H3. The van der Waals surface area contributed by atoms with E-state index in [0.717, 1.165) is 13.0 Å². The summed E-state index contributed by atoms with van der Waals surface area (Å²) in [4.78, 5) is 0. The molecule has 0 aromatic heterocycles. The minimum absolute atomic E-state index is 0.00644. The maximum absolute atomic E-state index is 14.0. The lowest BCUT2D eigenvalue weighted by molar-refractivity contribution is 0.348. The highest BCUT2D eigenvalue weighted by atomic mass is 19.1. The zero-order valence-corrected chi connectivity index (χ0v) is 9.85. The van der Waals surface area contributed by atoms with Crippen molar-refractivity contribution in [3.63, 3.8) is 0 Å². The number of halogens is 2. The van der Waals surface area contributed by atoms with E-state index in [-0.39, 0.29) is 23.1 Å². The Balaban J connectivity index is 2.53. The van der Waals surface area contributed by atoms with E-state index in [4.69, 9.17) is 9.47 Å². The van der Waals surface area contributed by atoms with Gasteiger partial charge in [0.05, 0.1) is 14.2 Å². The molecule has 0 saturated carbocycles. The van der Waals surface area contributed by atoms with Crippen LogP contribution in [0.5, 0.6) is 11.5 Å². The normalized spacial score (nSPS) is 19.4. The Morgan fingerprint density at radius 3 is 2.18 bits per heavy atom. The predicted octanol–water partition coefficient (Wildman–Crippen LogP) is 2.41. The Hall–Kier alpha value is -1.36. The zero-order valence-electron chi connectivity index (χ0n) is 9.85. The molecule has 2 rings (SSSR count). The molecule has 1 aromatic carbocycles. The summed E-state index contributed by atoms with van der Waals surface area (Å²) in [5.41, 5.74) is 0.0127. The van der Waals surface area contributed by atoms with Crippen LogP contribution in [0.25, 0.3) is 0 Å². The SMILES string of the molecule is COc1cc(OC)c(F)c(C2CCCN2)c1F. The number of rotatable bonds is 3. The summed E-state index contributed by atoms with van der Waals surface area (Å²) >= 11 is 0. The van der Waals surface area contributed by atoms with Crippen LogP contribution in [-0.2, 0) is 0 Å². The molecule has 1 saturated heterocycles. The van der Waals surface area contributed by atoms with Crippen LogP contribution < -0.4 is 14.8 Å². The van der Waals surface area contributed by atoms with Gasteiger partial charge in [-0.1, -0.05) is 0 Å². The Morgan fingerprint density at radius 1 is 1.18 bits per heavy atom. The highest BCUT2D eigenvalue weighted by molar-refractivity contribution is 5.43. The van der Waals surface area contributed by atoms with Gasteiger partial charge in [0.2, 0.25) is 0 Å². The largest absolute Gasteiger partial charge is 0.494 e. The molecule has 1 heterocycles. The average molecular weight is 243 g/mol. The number of hydrogen-bond acceptors (Lipinski definition) is 3. The summed E-state index contributed by atoms with van der Waals surface area (Å²) in [6.07, 6.45) is 1.62. The van der Waals surface area contributed by atoms with E-state index in [1.807, 2.05) is 0 Å². The third-order valence-corrected chi connectivity index (χ3v) is 3.02. The fraction of sp³-hybridized carbons (Fsp3) is 0.500. The lowest BCUT2D eigenvalue weighted by atomic mass is 10.0. The first-order valence-electron chi connectivity index (χ1n) is 5.52. The number of hydrogen-bond donors (Lipinski definition) is 1. The van der Waals surface area contributed by atoms with Gasteiger partial charge in [-0.05, 0) is 19.4 Å². The minimum Gasteiger partial charge on any atom is -0.494 e. The monoisotopic (exact) mass is 243 g/mol. The van der Waals surface area contributed by atoms with Gasteiger partial charge in [0, 0.05) is 17.7 Å². The van der Waals surface area contributed by atoms with Crippen molar-refractivity contribution in [2.75, 3.05) is 20.8 Å². The molecule has 3 nitrogen and oxygen atoms in total. The fourth-order valence-electron chi connectivity index (χ4n) is 2.14. The first kappa shape index (κ1) is 12.1. The second kappa shape index (κ2) is 4.87. The Labute approximate surface area is 98.7 Å². The van der Waals surface area contributed by atoms with Crippen LogP contribution in [0.1, 0.15) is 24.4 Å². The van der Waals surface area contributed by atoms with E-state index < -0.39 is 11.6 Å². The molecule has 5 heteroatoms. The molecule has 0 spiro atoms. The van der Waals surface area contributed by atoms with Crippen LogP contribution in [0.2, 0.25) is 0 Å². The first-order valence-corrected chi connectivity index (χ1v) is 5.52. The van der Waals surface area contributed by atoms with E-state index in [1.54, 1.807) is 0 Å². The van der Waals surface area contributed by atoms with Crippen molar-refractivity contribution in [3.8, 4) is 11.5 Å². The van der Waals surface area contributed by atoms with Crippen molar-refractivity contribution in [3.05, 3.63) is 23.3 Å². The van der Waals surface area contributed by atoms with Crippen molar-refractivity contribution in [2.24, 2.45) is 0 Å². The summed E-state index contributed by atoms with van der Waals surface area (Å²) in [6, 6.07) is 0.919. The van der Waals surface area contributed by atoms with Crippen molar-refractivity contribution < 1.29 is 18.3 Å². The van der Waals surface area contributed by atoms with Gasteiger partial charge in [-0.2, -0.15) is 0 Å². The lowest BCUT2D eigenvalue weighted by Gasteiger charge is -2.17. The third kappa shape index (κ3) is 2.07. The molecule has 1 unspecified atom stereocenters. The molecule has 0 bridgehead atoms. The maximum Gasteiger partial charge on any atom is 0.173 e. The molecular weight excluding hydrogens is 228 g/mol. The Kier molecular flexibility index (Phi) is 3.47. The van der Waals surface area contributed by atoms with Gasteiger partial charge >= 0.3 is 0 Å². The number of methoxy groups -OCH3 is 2. The third-order valence-electron chi connectivity index (χ3n) is 3.02. The van der Waals surface area contributed by atoms with Crippen molar-refractivity contribution in [1.82, 2.24) is 5.32 Å². The fourth-order valence-corrected chi connectivity index (χ4v) is 2.14. The van der Waals surface area contributed by atoms with Crippen LogP contribution in [0.4, 0.5) is 8.78 Å². The van der Waals surface area contributed by atoms with Gasteiger partial charge in [-0.15, -0.1) is 0 Å². The quantitative estimate of drug-likeness (QED) is 0.884. The number of nitrogens with one attached hydrogen (secondary N) is 1. The Morgan fingerprint density at radius 2 is 1.76 bits per heavy atom. The van der Waals surface area contributed by atoms with Crippen molar-refractivity contribution >= 4 is 0 Å². The van der Waals surface area contributed by atoms with Gasteiger partial charge in [0.15, 0.2) is 23.1 Å². The van der Waals surface area contributed by atoms with Gasteiger partial charge in [-0.3, -0.25) is 0 Å². The summed E-state index contributed by atoms with van der Waals surface area (Å²) in [5, 5.41) is 3.07. The van der Waals surface area contributed by atoms with Crippen LogP contribution in [0, 0.1) is 11.6 Å². The molecular formula is C12H15F2NO2. The molecule has 17 heavy (non-hydrogen) atoms. The topological polar surface area (TPSA) is 30.5 Å². The van der Waals surface area contributed by atoms with Gasteiger partial charge in [0.25, 0.3) is 0 Å². The summed E-state index contributed by atoms with van der Waals surface area (Å²) in [5.74, 6) is -1.28. The molecule has 1 N–H and O–H groups in total. The number of benzene rings is 1. The van der Waals surface area contributed by atoms with Crippen LogP contribution >= 0.6 is 0 Å². The second-order valence-electron chi connectivity index (χ2n) is 3.97. The predicted molar refractivity (Wildman–Crippen MR) is 59.4 cm³/mol. The van der Waals surface area contributed by atoms with E-state index >= 15 is 0 Å². The van der Waals surface area contributed by atoms with Crippen LogP contribution in [0.15, 0.2) is 6.07 Å². The molecule has 1 aliphatic rings. The summed E-state index contributed by atoms with van der Waals surface area (Å²) < 4.78 is 37.9. The van der Waals surface area contributed by atoms with E-state index in [0.29, 0.717) is 6.42 Å². The molecule has 1 fully saturated rings. The highest BCUT2D eigenvalue weighted by Crippen LogP contribution is 2.37. The van der Waals surface area contributed by atoms with Crippen molar-refractivity contribution in [1.29, 1.82) is 0 Å².